The number of hydrogen-bond donors (Lipinski definition) is 2. The monoisotopic (exact) mass is 302 g/mol. The summed E-state index contributed by atoms with van der Waals surface area (Å²) in [6.07, 6.45) is 3.67. The van der Waals surface area contributed by atoms with Crippen LogP contribution < -0.4 is 10.6 Å². The summed E-state index contributed by atoms with van der Waals surface area (Å²) in [4.78, 5) is 12.6. The Kier molecular flexibility index (Phi) is 4.37. The maximum absolute atomic E-state index is 11.8. The maximum atomic E-state index is 11.8. The van der Waals surface area contributed by atoms with E-state index in [2.05, 4.69) is 26.6 Å². The SMILES string of the molecule is O=C(NCC1CCCCN1)c1sccc1Br. The second-order valence-electron chi connectivity index (χ2n) is 3.95. The van der Waals surface area contributed by atoms with Gasteiger partial charge in [0.25, 0.3) is 5.91 Å². The van der Waals surface area contributed by atoms with Crippen molar-refractivity contribution >= 4 is 33.2 Å². The van der Waals surface area contributed by atoms with Crippen LogP contribution >= 0.6 is 27.3 Å². The molecular formula is C11H15BrN2OS. The number of piperidine rings is 1. The van der Waals surface area contributed by atoms with Crippen LogP contribution in [0.5, 0.6) is 0 Å². The standard InChI is InChI=1S/C11H15BrN2OS/c12-9-4-6-16-10(9)11(15)14-7-8-3-1-2-5-13-8/h4,6,8,13H,1-3,5,7H2,(H,14,15). The number of halogens is 1. The molecular weight excluding hydrogens is 288 g/mol. The van der Waals surface area contributed by atoms with Gasteiger partial charge in [0, 0.05) is 17.1 Å². The summed E-state index contributed by atoms with van der Waals surface area (Å²) < 4.78 is 0.881. The van der Waals surface area contributed by atoms with Crippen LogP contribution in [0.3, 0.4) is 0 Å². The predicted molar refractivity (Wildman–Crippen MR) is 70.0 cm³/mol. The van der Waals surface area contributed by atoms with E-state index in [0.29, 0.717) is 6.04 Å². The first-order valence-corrected chi connectivity index (χ1v) is 7.19. The molecule has 1 unspecified atom stereocenters. The minimum absolute atomic E-state index is 0.0225. The maximum Gasteiger partial charge on any atom is 0.262 e. The Morgan fingerprint density at radius 1 is 1.62 bits per heavy atom. The number of nitrogens with one attached hydrogen (secondary N) is 2. The van der Waals surface area contributed by atoms with Crippen molar-refractivity contribution in [1.82, 2.24) is 10.6 Å². The summed E-state index contributed by atoms with van der Waals surface area (Å²) in [6.45, 7) is 1.80. The molecule has 2 rings (SSSR count). The van der Waals surface area contributed by atoms with E-state index in [9.17, 15) is 4.79 Å². The molecule has 16 heavy (non-hydrogen) atoms. The van der Waals surface area contributed by atoms with Gasteiger partial charge in [-0.25, -0.2) is 0 Å². The Labute approximate surface area is 108 Å². The highest BCUT2D eigenvalue weighted by Crippen LogP contribution is 2.22. The number of carbonyl (C=O) groups is 1. The van der Waals surface area contributed by atoms with Crippen LogP contribution in [0.1, 0.15) is 28.9 Å². The summed E-state index contributed by atoms with van der Waals surface area (Å²) in [5, 5.41) is 8.30. The molecule has 0 aromatic carbocycles. The van der Waals surface area contributed by atoms with E-state index >= 15 is 0 Å². The molecule has 1 aliphatic rings. The van der Waals surface area contributed by atoms with Gasteiger partial charge >= 0.3 is 0 Å². The zero-order valence-electron chi connectivity index (χ0n) is 8.96. The van der Waals surface area contributed by atoms with Gasteiger partial charge in [0.15, 0.2) is 0 Å². The minimum atomic E-state index is 0.0225. The second kappa shape index (κ2) is 5.80. The number of amides is 1. The lowest BCUT2D eigenvalue weighted by atomic mass is 10.1. The second-order valence-corrected chi connectivity index (χ2v) is 5.72. The van der Waals surface area contributed by atoms with Gasteiger partial charge in [-0.2, -0.15) is 0 Å². The van der Waals surface area contributed by atoms with E-state index in [0.717, 1.165) is 28.9 Å². The van der Waals surface area contributed by atoms with E-state index < -0.39 is 0 Å². The van der Waals surface area contributed by atoms with Crippen molar-refractivity contribution in [1.29, 1.82) is 0 Å². The van der Waals surface area contributed by atoms with Crippen molar-refractivity contribution in [3.8, 4) is 0 Å². The third kappa shape index (κ3) is 3.06. The highest BCUT2D eigenvalue weighted by molar-refractivity contribution is 9.10. The summed E-state index contributed by atoms with van der Waals surface area (Å²) in [5.41, 5.74) is 0. The molecule has 1 fully saturated rings. The molecule has 1 aromatic rings. The fourth-order valence-electron chi connectivity index (χ4n) is 1.85. The molecule has 0 radical (unpaired) electrons. The molecule has 0 saturated carbocycles. The molecule has 0 bridgehead atoms. The van der Waals surface area contributed by atoms with E-state index in [-0.39, 0.29) is 5.91 Å². The molecule has 2 heterocycles. The molecule has 1 amide bonds. The summed E-state index contributed by atoms with van der Waals surface area (Å²) >= 11 is 4.83. The van der Waals surface area contributed by atoms with Crippen LogP contribution in [0, 0.1) is 0 Å². The van der Waals surface area contributed by atoms with Crippen LogP contribution in [0.4, 0.5) is 0 Å². The summed E-state index contributed by atoms with van der Waals surface area (Å²) in [7, 11) is 0. The average Bonchev–Trinajstić information content (AvgIpc) is 2.74. The largest absolute Gasteiger partial charge is 0.350 e. The van der Waals surface area contributed by atoms with Crippen molar-refractivity contribution in [2.24, 2.45) is 0 Å². The van der Waals surface area contributed by atoms with Crippen LogP contribution in [-0.2, 0) is 0 Å². The third-order valence-corrected chi connectivity index (χ3v) is 4.58. The Hall–Kier alpha value is -0.390. The van der Waals surface area contributed by atoms with Gasteiger partial charge < -0.3 is 10.6 Å². The fraction of sp³-hybridized carbons (Fsp3) is 0.545. The lowest BCUT2D eigenvalue weighted by Gasteiger charge is -2.23. The van der Waals surface area contributed by atoms with Crippen molar-refractivity contribution in [2.45, 2.75) is 25.3 Å². The van der Waals surface area contributed by atoms with Crippen molar-refractivity contribution < 1.29 is 4.79 Å². The number of rotatable bonds is 3. The first-order chi connectivity index (χ1) is 7.77. The Morgan fingerprint density at radius 3 is 3.12 bits per heavy atom. The number of thiophene rings is 1. The van der Waals surface area contributed by atoms with Crippen LogP contribution in [0.2, 0.25) is 0 Å². The zero-order valence-corrected chi connectivity index (χ0v) is 11.4. The van der Waals surface area contributed by atoms with Gasteiger partial charge in [0.1, 0.15) is 4.88 Å². The normalized spacial score (nSPS) is 20.7. The smallest absolute Gasteiger partial charge is 0.262 e. The molecule has 1 aliphatic heterocycles. The van der Waals surface area contributed by atoms with Crippen LogP contribution in [0.15, 0.2) is 15.9 Å². The molecule has 0 aliphatic carbocycles. The summed E-state index contributed by atoms with van der Waals surface area (Å²) in [6, 6.07) is 2.34. The topological polar surface area (TPSA) is 41.1 Å². The van der Waals surface area contributed by atoms with E-state index in [1.807, 2.05) is 11.4 Å². The molecule has 0 spiro atoms. The predicted octanol–water partition coefficient (Wildman–Crippen LogP) is 2.38. The highest BCUT2D eigenvalue weighted by Gasteiger charge is 2.15. The van der Waals surface area contributed by atoms with Crippen LogP contribution in [-0.4, -0.2) is 25.0 Å². The van der Waals surface area contributed by atoms with Gasteiger partial charge in [-0.3, -0.25) is 4.79 Å². The van der Waals surface area contributed by atoms with Gasteiger partial charge in [-0.05, 0) is 46.8 Å². The van der Waals surface area contributed by atoms with Gasteiger partial charge in [0.2, 0.25) is 0 Å². The van der Waals surface area contributed by atoms with Crippen LogP contribution in [0.25, 0.3) is 0 Å². The summed E-state index contributed by atoms with van der Waals surface area (Å²) in [5.74, 6) is 0.0225. The minimum Gasteiger partial charge on any atom is -0.350 e. The molecule has 1 saturated heterocycles. The van der Waals surface area contributed by atoms with Crippen molar-refractivity contribution in [3.05, 3.63) is 20.8 Å². The Morgan fingerprint density at radius 2 is 2.50 bits per heavy atom. The van der Waals surface area contributed by atoms with Crippen molar-refractivity contribution in [3.63, 3.8) is 0 Å². The Balaban J connectivity index is 1.81. The average molecular weight is 303 g/mol. The lowest BCUT2D eigenvalue weighted by molar-refractivity contribution is 0.0951. The Bertz CT molecular complexity index is 361. The lowest BCUT2D eigenvalue weighted by Crippen LogP contribution is -2.43. The molecule has 2 N–H and O–H groups in total. The van der Waals surface area contributed by atoms with Gasteiger partial charge in [-0.1, -0.05) is 6.42 Å². The molecule has 1 aromatic heterocycles. The molecule has 88 valence electrons. The number of hydrogen-bond acceptors (Lipinski definition) is 3. The molecule has 5 heteroatoms. The van der Waals surface area contributed by atoms with Gasteiger partial charge in [-0.15, -0.1) is 11.3 Å². The zero-order chi connectivity index (χ0) is 11.4. The van der Waals surface area contributed by atoms with Crippen molar-refractivity contribution in [2.75, 3.05) is 13.1 Å². The van der Waals surface area contributed by atoms with Gasteiger partial charge in [0.05, 0.1) is 0 Å². The first-order valence-electron chi connectivity index (χ1n) is 5.52. The first kappa shape index (κ1) is 12.1. The van der Waals surface area contributed by atoms with E-state index in [1.165, 1.54) is 24.2 Å². The van der Waals surface area contributed by atoms with E-state index in [1.54, 1.807) is 0 Å². The molecule has 1 atom stereocenters. The fourth-order valence-corrected chi connectivity index (χ4v) is 3.32. The highest BCUT2D eigenvalue weighted by atomic mass is 79.9. The molecule has 3 nitrogen and oxygen atoms in total. The quantitative estimate of drug-likeness (QED) is 0.900. The third-order valence-electron chi connectivity index (χ3n) is 2.74. The number of carbonyl (C=O) groups excluding carboxylic acids is 1. The van der Waals surface area contributed by atoms with E-state index in [4.69, 9.17) is 0 Å².